The monoisotopic (exact) mass is 308 g/mol. The summed E-state index contributed by atoms with van der Waals surface area (Å²) < 4.78 is 15.0. The van der Waals surface area contributed by atoms with Crippen molar-refractivity contribution in [1.82, 2.24) is 14.7 Å². The maximum atomic E-state index is 13.4. The Bertz CT molecular complexity index is 728. The number of benzene rings is 1. The Hall–Kier alpha value is -2.08. The smallest absolute Gasteiger partial charge is 0.272 e. The van der Waals surface area contributed by atoms with E-state index in [2.05, 4.69) is 5.10 Å². The van der Waals surface area contributed by atoms with Crippen LogP contribution in [0, 0.1) is 5.82 Å². The van der Waals surface area contributed by atoms with Crippen molar-refractivity contribution in [2.24, 2.45) is 0 Å². The topological polar surface area (TPSA) is 64.2 Å². The average Bonchev–Trinajstić information content (AvgIpc) is 2.75. The van der Waals surface area contributed by atoms with Crippen molar-refractivity contribution in [3.05, 3.63) is 45.9 Å². The Labute approximate surface area is 126 Å². The van der Waals surface area contributed by atoms with Gasteiger partial charge >= 0.3 is 0 Å². The van der Waals surface area contributed by atoms with Gasteiger partial charge in [0.05, 0.1) is 6.54 Å². The third-order valence-electron chi connectivity index (χ3n) is 3.65. The highest BCUT2D eigenvalue weighted by Gasteiger charge is 2.28. The molecule has 2 N–H and O–H groups in total. The van der Waals surface area contributed by atoms with E-state index in [1.54, 1.807) is 16.6 Å². The number of likely N-dealkylation sites (N-methyl/N-ethyl adjacent to an activating group) is 1. The molecule has 3 rings (SSSR count). The van der Waals surface area contributed by atoms with Crippen LogP contribution in [0.1, 0.15) is 21.6 Å². The standard InChI is InChI=1S/C14H14ClFN4O/c1-19-4-5-20-12(14(19)21)10(13(17)18-20)7-8-6-9(16)2-3-11(8)15/h2-3,6H,4-5,7H2,1H3,(H2,17,18). The first-order valence-corrected chi connectivity index (χ1v) is 6.89. The summed E-state index contributed by atoms with van der Waals surface area (Å²) >= 11 is 6.08. The highest BCUT2D eigenvalue weighted by molar-refractivity contribution is 6.31. The Morgan fingerprint density at radius 2 is 2.19 bits per heavy atom. The van der Waals surface area contributed by atoms with Crippen LogP contribution in [0.15, 0.2) is 18.2 Å². The summed E-state index contributed by atoms with van der Waals surface area (Å²) in [6.07, 6.45) is 0.275. The van der Waals surface area contributed by atoms with Gasteiger partial charge in [-0.25, -0.2) is 4.39 Å². The minimum Gasteiger partial charge on any atom is -0.382 e. The summed E-state index contributed by atoms with van der Waals surface area (Å²) in [4.78, 5) is 13.9. The van der Waals surface area contributed by atoms with Crippen molar-refractivity contribution >= 4 is 23.3 Å². The molecular formula is C14H14ClFN4O. The SMILES string of the molecule is CN1CCn2nc(N)c(Cc3cc(F)ccc3Cl)c2C1=O. The van der Waals surface area contributed by atoms with Gasteiger partial charge in [-0.2, -0.15) is 5.10 Å². The van der Waals surface area contributed by atoms with E-state index in [9.17, 15) is 9.18 Å². The van der Waals surface area contributed by atoms with E-state index < -0.39 is 0 Å². The van der Waals surface area contributed by atoms with Crippen LogP contribution in [-0.4, -0.2) is 34.2 Å². The number of carbonyl (C=O) groups is 1. The number of nitrogen functional groups attached to an aromatic ring is 1. The zero-order chi connectivity index (χ0) is 15.1. The maximum absolute atomic E-state index is 13.4. The van der Waals surface area contributed by atoms with E-state index in [0.29, 0.717) is 34.9 Å². The Morgan fingerprint density at radius 3 is 2.95 bits per heavy atom. The number of amides is 1. The van der Waals surface area contributed by atoms with Gasteiger partial charge in [-0.05, 0) is 23.8 Å². The number of hydrogen-bond acceptors (Lipinski definition) is 3. The maximum Gasteiger partial charge on any atom is 0.272 e. The highest BCUT2D eigenvalue weighted by Crippen LogP contribution is 2.27. The molecule has 1 aromatic heterocycles. The molecule has 0 radical (unpaired) electrons. The Balaban J connectivity index is 2.06. The van der Waals surface area contributed by atoms with E-state index in [4.69, 9.17) is 17.3 Å². The van der Waals surface area contributed by atoms with Crippen LogP contribution in [0.2, 0.25) is 5.02 Å². The number of nitrogens with two attached hydrogens (primary N) is 1. The third-order valence-corrected chi connectivity index (χ3v) is 4.02. The van der Waals surface area contributed by atoms with Gasteiger partial charge in [0.15, 0.2) is 0 Å². The molecule has 1 aromatic carbocycles. The number of aromatic nitrogens is 2. The van der Waals surface area contributed by atoms with E-state index in [-0.39, 0.29) is 24.0 Å². The normalized spacial score (nSPS) is 14.4. The Kier molecular flexibility index (Phi) is 3.33. The molecule has 0 aliphatic carbocycles. The van der Waals surface area contributed by atoms with Crippen molar-refractivity contribution in [3.63, 3.8) is 0 Å². The van der Waals surface area contributed by atoms with Gasteiger partial charge in [-0.1, -0.05) is 11.6 Å². The quantitative estimate of drug-likeness (QED) is 0.922. The molecule has 0 saturated heterocycles. The molecule has 0 unspecified atom stereocenters. The van der Waals surface area contributed by atoms with Gasteiger partial charge in [0, 0.05) is 30.6 Å². The lowest BCUT2D eigenvalue weighted by molar-refractivity contribution is 0.0741. The number of halogens is 2. The summed E-state index contributed by atoms with van der Waals surface area (Å²) in [6, 6.07) is 4.14. The fourth-order valence-corrected chi connectivity index (χ4v) is 2.67. The molecule has 1 amide bonds. The molecule has 0 atom stereocenters. The van der Waals surface area contributed by atoms with Crippen LogP contribution in [0.4, 0.5) is 10.2 Å². The molecule has 7 heteroatoms. The van der Waals surface area contributed by atoms with Gasteiger partial charge in [0.25, 0.3) is 5.91 Å². The van der Waals surface area contributed by atoms with Crippen molar-refractivity contribution in [1.29, 1.82) is 0 Å². The van der Waals surface area contributed by atoms with Gasteiger partial charge in [-0.15, -0.1) is 0 Å². The molecular weight excluding hydrogens is 295 g/mol. The van der Waals surface area contributed by atoms with Crippen molar-refractivity contribution in [2.75, 3.05) is 19.3 Å². The zero-order valence-corrected chi connectivity index (χ0v) is 12.2. The summed E-state index contributed by atoms with van der Waals surface area (Å²) in [5, 5.41) is 4.63. The average molecular weight is 309 g/mol. The summed E-state index contributed by atoms with van der Waals surface area (Å²) in [5.41, 5.74) is 7.56. The minimum atomic E-state index is -0.377. The fraction of sp³-hybridized carbons (Fsp3) is 0.286. The van der Waals surface area contributed by atoms with E-state index in [0.717, 1.165) is 0 Å². The summed E-state index contributed by atoms with van der Waals surface area (Å²) in [5.74, 6) is -0.223. The molecule has 0 bridgehead atoms. The van der Waals surface area contributed by atoms with E-state index in [1.165, 1.54) is 18.2 Å². The van der Waals surface area contributed by atoms with Crippen LogP contribution in [-0.2, 0) is 13.0 Å². The second-order valence-corrected chi connectivity index (χ2v) is 5.48. The second kappa shape index (κ2) is 5.04. The zero-order valence-electron chi connectivity index (χ0n) is 11.4. The first-order valence-electron chi connectivity index (χ1n) is 6.52. The number of hydrogen-bond donors (Lipinski definition) is 1. The van der Waals surface area contributed by atoms with Gasteiger partial charge in [0.1, 0.15) is 17.3 Å². The molecule has 110 valence electrons. The van der Waals surface area contributed by atoms with E-state index in [1.807, 2.05) is 0 Å². The molecule has 21 heavy (non-hydrogen) atoms. The van der Waals surface area contributed by atoms with Crippen LogP contribution < -0.4 is 5.73 Å². The molecule has 1 aliphatic heterocycles. The number of carbonyl (C=O) groups excluding carboxylic acids is 1. The lowest BCUT2D eigenvalue weighted by Crippen LogP contribution is -2.38. The molecule has 1 aliphatic rings. The van der Waals surface area contributed by atoms with Crippen LogP contribution in [0.5, 0.6) is 0 Å². The lowest BCUT2D eigenvalue weighted by atomic mass is 10.0. The number of anilines is 1. The Morgan fingerprint density at radius 1 is 1.43 bits per heavy atom. The highest BCUT2D eigenvalue weighted by atomic mass is 35.5. The molecule has 0 fully saturated rings. The van der Waals surface area contributed by atoms with Crippen molar-refractivity contribution in [2.45, 2.75) is 13.0 Å². The largest absolute Gasteiger partial charge is 0.382 e. The van der Waals surface area contributed by atoms with Gasteiger partial charge in [0.2, 0.25) is 0 Å². The number of rotatable bonds is 2. The molecule has 2 heterocycles. The second-order valence-electron chi connectivity index (χ2n) is 5.07. The lowest BCUT2D eigenvalue weighted by Gasteiger charge is -2.24. The van der Waals surface area contributed by atoms with Gasteiger partial charge < -0.3 is 10.6 Å². The first-order chi connectivity index (χ1) is 9.97. The van der Waals surface area contributed by atoms with Gasteiger partial charge in [-0.3, -0.25) is 9.48 Å². The summed E-state index contributed by atoms with van der Waals surface area (Å²) in [6.45, 7) is 1.19. The van der Waals surface area contributed by atoms with Crippen LogP contribution >= 0.6 is 11.6 Å². The predicted molar refractivity (Wildman–Crippen MR) is 77.8 cm³/mol. The fourth-order valence-electron chi connectivity index (χ4n) is 2.49. The number of fused-ring (bicyclic) bond motifs is 1. The van der Waals surface area contributed by atoms with Crippen molar-refractivity contribution in [3.8, 4) is 0 Å². The van der Waals surface area contributed by atoms with Crippen LogP contribution in [0.3, 0.4) is 0 Å². The molecule has 2 aromatic rings. The van der Waals surface area contributed by atoms with E-state index >= 15 is 0 Å². The summed E-state index contributed by atoms with van der Waals surface area (Å²) in [7, 11) is 1.73. The molecule has 5 nitrogen and oxygen atoms in total. The van der Waals surface area contributed by atoms with Crippen molar-refractivity contribution < 1.29 is 9.18 Å². The van der Waals surface area contributed by atoms with Crippen LogP contribution in [0.25, 0.3) is 0 Å². The first kappa shape index (κ1) is 13.9. The predicted octanol–water partition coefficient (Wildman–Crippen LogP) is 1.93. The third kappa shape index (κ3) is 2.35. The molecule has 0 spiro atoms. The molecule has 0 saturated carbocycles. The number of nitrogens with zero attached hydrogens (tertiary/aromatic N) is 3. The minimum absolute atomic E-state index is 0.132.